The topological polar surface area (TPSA) is 20.3 Å². The van der Waals surface area contributed by atoms with Crippen LogP contribution >= 0.6 is 11.8 Å². The first-order valence-electron chi connectivity index (χ1n) is 8.85. The number of benzene rings is 1. The van der Waals surface area contributed by atoms with Gasteiger partial charge in [-0.2, -0.15) is 0 Å². The number of likely N-dealkylation sites (N-methyl/N-ethyl adjacent to an activating group) is 1. The van der Waals surface area contributed by atoms with Gasteiger partial charge >= 0.3 is 0 Å². The van der Waals surface area contributed by atoms with Crippen LogP contribution in [0.1, 0.15) is 58.4 Å². The number of aryl methyl sites for hydroxylation is 1. The lowest BCUT2D eigenvalue weighted by atomic mass is 10.1. The summed E-state index contributed by atoms with van der Waals surface area (Å²) in [6.45, 7) is 9.95. The van der Waals surface area contributed by atoms with E-state index in [1.807, 2.05) is 24.8 Å². The number of carbonyl (C=O) groups excluding carboxylic acids is 1. The molecule has 0 bridgehead atoms. The highest BCUT2D eigenvalue weighted by atomic mass is 32.2. The first kappa shape index (κ1) is 19.8. The van der Waals surface area contributed by atoms with Crippen LogP contribution in [0.2, 0.25) is 0 Å². The molecule has 0 spiro atoms. The Balaban J connectivity index is 2.83. The first-order chi connectivity index (χ1) is 11.1. The average molecular weight is 334 g/mol. The van der Waals surface area contributed by atoms with Crippen molar-refractivity contribution < 1.29 is 4.79 Å². The van der Waals surface area contributed by atoms with Gasteiger partial charge in [-0.1, -0.05) is 56.1 Å². The number of carbonyl (C=O) groups is 1. The van der Waals surface area contributed by atoms with Crippen molar-refractivity contribution in [2.24, 2.45) is 0 Å². The molecule has 0 aliphatic rings. The third-order valence-electron chi connectivity index (χ3n) is 3.97. The van der Waals surface area contributed by atoms with E-state index in [4.69, 9.17) is 0 Å². The second-order valence-electron chi connectivity index (χ2n) is 5.80. The van der Waals surface area contributed by atoms with E-state index in [9.17, 15) is 4.79 Å². The van der Waals surface area contributed by atoms with Crippen LogP contribution in [0.15, 0.2) is 40.1 Å². The Morgan fingerprint density at radius 1 is 1.09 bits per heavy atom. The van der Waals surface area contributed by atoms with Crippen molar-refractivity contribution >= 4 is 17.7 Å². The van der Waals surface area contributed by atoms with Gasteiger partial charge in [-0.15, -0.1) is 0 Å². The minimum absolute atomic E-state index is 0.140. The van der Waals surface area contributed by atoms with Crippen LogP contribution in [0.5, 0.6) is 0 Å². The van der Waals surface area contributed by atoms with Gasteiger partial charge in [-0.25, -0.2) is 0 Å². The molecule has 0 N–H and O–H groups in total. The zero-order valence-corrected chi connectivity index (χ0v) is 15.9. The third kappa shape index (κ3) is 7.26. The number of thioether (sulfide) groups is 1. The van der Waals surface area contributed by atoms with Crippen molar-refractivity contribution in [3.05, 3.63) is 40.8 Å². The molecule has 1 amide bonds. The summed E-state index contributed by atoms with van der Waals surface area (Å²) >= 11 is 1.75. The number of rotatable bonds is 10. The monoisotopic (exact) mass is 333 g/mol. The Labute approximate surface area is 146 Å². The molecule has 0 unspecified atom stereocenters. The Morgan fingerprint density at radius 2 is 1.78 bits per heavy atom. The van der Waals surface area contributed by atoms with Gasteiger partial charge in [0.25, 0.3) is 0 Å². The van der Waals surface area contributed by atoms with Crippen LogP contribution in [0.3, 0.4) is 0 Å². The van der Waals surface area contributed by atoms with E-state index in [0.29, 0.717) is 0 Å². The van der Waals surface area contributed by atoms with Gasteiger partial charge in [-0.05, 0) is 50.1 Å². The molecule has 128 valence electrons. The molecule has 0 fully saturated rings. The van der Waals surface area contributed by atoms with Gasteiger partial charge in [0, 0.05) is 24.1 Å². The average Bonchev–Trinajstić information content (AvgIpc) is 2.54. The maximum atomic E-state index is 12.4. The number of allylic oxidation sites excluding steroid dienone is 1. The Morgan fingerprint density at radius 3 is 2.39 bits per heavy atom. The molecular formula is C20H31NOS. The standard InChI is InChI=1S/C20H31NOS/c1-5-8-9-10-14-18(16-20(22)21(6-2)7-3)23-19-15-12-11-13-17(19)4/h11-13,15-16H,5-10,14H2,1-4H3/b18-16+. The summed E-state index contributed by atoms with van der Waals surface area (Å²) in [6, 6.07) is 8.40. The van der Waals surface area contributed by atoms with Crippen LogP contribution in [0.25, 0.3) is 0 Å². The van der Waals surface area contributed by atoms with Crippen LogP contribution in [-0.2, 0) is 4.79 Å². The van der Waals surface area contributed by atoms with Crippen molar-refractivity contribution in [3.63, 3.8) is 0 Å². The fourth-order valence-corrected chi connectivity index (χ4v) is 3.52. The van der Waals surface area contributed by atoms with E-state index in [-0.39, 0.29) is 5.91 Å². The van der Waals surface area contributed by atoms with E-state index < -0.39 is 0 Å². The smallest absolute Gasteiger partial charge is 0.247 e. The fraction of sp³-hybridized carbons (Fsp3) is 0.550. The van der Waals surface area contributed by atoms with E-state index in [0.717, 1.165) is 25.9 Å². The van der Waals surface area contributed by atoms with E-state index in [1.165, 1.54) is 34.6 Å². The van der Waals surface area contributed by atoms with Crippen LogP contribution in [-0.4, -0.2) is 23.9 Å². The summed E-state index contributed by atoms with van der Waals surface area (Å²) in [5, 5.41) is 0. The number of nitrogens with zero attached hydrogens (tertiary/aromatic N) is 1. The summed E-state index contributed by atoms with van der Waals surface area (Å²) in [4.78, 5) is 16.7. The molecular weight excluding hydrogens is 302 g/mol. The molecule has 0 heterocycles. The Kier molecular flexibility index (Phi) is 9.77. The fourth-order valence-electron chi connectivity index (χ4n) is 2.46. The normalized spacial score (nSPS) is 11.6. The summed E-state index contributed by atoms with van der Waals surface area (Å²) in [5.74, 6) is 0.140. The molecule has 0 radical (unpaired) electrons. The number of hydrogen-bond donors (Lipinski definition) is 0. The molecule has 23 heavy (non-hydrogen) atoms. The van der Waals surface area contributed by atoms with Gasteiger partial charge in [0.15, 0.2) is 0 Å². The Hall–Kier alpha value is -1.22. The maximum Gasteiger partial charge on any atom is 0.247 e. The van der Waals surface area contributed by atoms with Gasteiger partial charge in [0.05, 0.1) is 0 Å². The molecule has 1 aromatic rings. The molecule has 0 aliphatic carbocycles. The number of hydrogen-bond acceptors (Lipinski definition) is 2. The predicted octanol–water partition coefficient (Wildman–Crippen LogP) is 5.81. The molecule has 0 saturated carbocycles. The summed E-state index contributed by atoms with van der Waals surface area (Å²) in [6.07, 6.45) is 7.75. The lowest BCUT2D eigenvalue weighted by molar-refractivity contribution is -0.125. The molecule has 3 heteroatoms. The van der Waals surface area contributed by atoms with Gasteiger partial charge in [-0.3, -0.25) is 4.79 Å². The SMILES string of the molecule is CCCCCC/C(=C\C(=O)N(CC)CC)Sc1ccccc1C. The zero-order valence-electron chi connectivity index (χ0n) is 15.1. The van der Waals surface area contributed by atoms with Crippen molar-refractivity contribution in [2.75, 3.05) is 13.1 Å². The largest absolute Gasteiger partial charge is 0.340 e. The number of unbranched alkanes of at least 4 members (excludes halogenated alkanes) is 3. The molecule has 0 atom stereocenters. The van der Waals surface area contributed by atoms with E-state index >= 15 is 0 Å². The predicted molar refractivity (Wildman–Crippen MR) is 102 cm³/mol. The van der Waals surface area contributed by atoms with E-state index in [1.54, 1.807) is 11.8 Å². The van der Waals surface area contributed by atoms with Crippen molar-refractivity contribution in [1.82, 2.24) is 4.90 Å². The van der Waals surface area contributed by atoms with Crippen molar-refractivity contribution in [1.29, 1.82) is 0 Å². The summed E-state index contributed by atoms with van der Waals surface area (Å²) in [7, 11) is 0. The lowest BCUT2D eigenvalue weighted by Crippen LogP contribution is -2.28. The van der Waals surface area contributed by atoms with Gasteiger partial charge in [0.2, 0.25) is 5.91 Å². The second kappa shape index (κ2) is 11.3. The highest BCUT2D eigenvalue weighted by Gasteiger charge is 2.10. The molecule has 2 nitrogen and oxygen atoms in total. The lowest BCUT2D eigenvalue weighted by Gasteiger charge is -2.17. The molecule has 0 saturated heterocycles. The van der Waals surface area contributed by atoms with Crippen molar-refractivity contribution in [3.8, 4) is 0 Å². The van der Waals surface area contributed by atoms with Crippen molar-refractivity contribution in [2.45, 2.75) is 64.7 Å². The maximum absolute atomic E-state index is 12.4. The summed E-state index contributed by atoms with van der Waals surface area (Å²) < 4.78 is 0. The Bertz CT molecular complexity index is 506. The van der Waals surface area contributed by atoms with Gasteiger partial charge < -0.3 is 4.90 Å². The highest BCUT2D eigenvalue weighted by Crippen LogP contribution is 2.32. The summed E-state index contributed by atoms with van der Waals surface area (Å²) in [5.41, 5.74) is 1.27. The first-order valence-corrected chi connectivity index (χ1v) is 9.66. The minimum atomic E-state index is 0.140. The molecule has 0 aromatic heterocycles. The quantitative estimate of drug-likeness (QED) is 0.306. The van der Waals surface area contributed by atoms with Crippen LogP contribution < -0.4 is 0 Å². The molecule has 1 rings (SSSR count). The van der Waals surface area contributed by atoms with Crippen LogP contribution in [0.4, 0.5) is 0 Å². The third-order valence-corrected chi connectivity index (χ3v) is 5.23. The van der Waals surface area contributed by atoms with Gasteiger partial charge in [0.1, 0.15) is 0 Å². The highest BCUT2D eigenvalue weighted by molar-refractivity contribution is 8.03. The van der Waals surface area contributed by atoms with E-state index in [2.05, 4.69) is 38.1 Å². The number of amides is 1. The zero-order chi connectivity index (χ0) is 17.1. The minimum Gasteiger partial charge on any atom is -0.340 e. The van der Waals surface area contributed by atoms with Crippen LogP contribution in [0, 0.1) is 6.92 Å². The second-order valence-corrected chi connectivity index (χ2v) is 6.97. The molecule has 1 aromatic carbocycles. The molecule has 0 aliphatic heterocycles.